The summed E-state index contributed by atoms with van der Waals surface area (Å²) in [6.07, 6.45) is 4.01. The molecule has 0 aliphatic rings. The third-order valence-electron chi connectivity index (χ3n) is 5.14. The predicted molar refractivity (Wildman–Crippen MR) is 120 cm³/mol. The average Bonchev–Trinajstić information content (AvgIpc) is 3.17. The van der Waals surface area contributed by atoms with Crippen LogP contribution in [0, 0.1) is 5.82 Å². The molecule has 0 amide bonds. The van der Waals surface area contributed by atoms with E-state index in [0.717, 1.165) is 21.1 Å². The number of aromatic amines is 1. The number of rotatable bonds is 7. The number of aromatic nitrogens is 4. The summed E-state index contributed by atoms with van der Waals surface area (Å²) in [6.45, 7) is 1.93. The molecule has 31 heavy (non-hydrogen) atoms. The first kappa shape index (κ1) is 21.4. The van der Waals surface area contributed by atoms with Gasteiger partial charge in [-0.2, -0.15) is 0 Å². The number of methoxy groups -OCH3 is 1. The first-order valence-electron chi connectivity index (χ1n) is 9.64. The van der Waals surface area contributed by atoms with Gasteiger partial charge in [-0.1, -0.05) is 19.1 Å². The molecule has 9 heteroatoms. The summed E-state index contributed by atoms with van der Waals surface area (Å²) in [5.41, 5.74) is 8.29. The third-order valence-corrected chi connectivity index (χ3v) is 5.58. The van der Waals surface area contributed by atoms with E-state index >= 15 is 0 Å². The molecule has 3 heterocycles. The van der Waals surface area contributed by atoms with Crippen LogP contribution in [0.2, 0.25) is 0 Å². The maximum Gasteiger partial charge on any atom is 0.220 e. The zero-order valence-electron chi connectivity index (χ0n) is 17.0. The van der Waals surface area contributed by atoms with E-state index in [1.165, 1.54) is 19.2 Å². The van der Waals surface area contributed by atoms with Gasteiger partial charge in [-0.15, -0.1) is 0 Å². The van der Waals surface area contributed by atoms with Gasteiger partial charge in [-0.25, -0.2) is 19.3 Å². The molecule has 4 rings (SSSR count). The highest BCUT2D eigenvalue weighted by atomic mass is 79.9. The van der Waals surface area contributed by atoms with Gasteiger partial charge < -0.3 is 20.2 Å². The molecule has 4 aromatic rings. The summed E-state index contributed by atoms with van der Waals surface area (Å²) in [5.74, 6) is -0.286. The number of nitrogens with zero attached hydrogens (tertiary/aromatic N) is 3. The molecule has 0 aliphatic carbocycles. The van der Waals surface area contributed by atoms with Gasteiger partial charge in [0.1, 0.15) is 23.9 Å². The van der Waals surface area contributed by atoms with Crippen molar-refractivity contribution in [2.24, 2.45) is 0 Å². The lowest BCUT2D eigenvalue weighted by molar-refractivity contribution is -0.119. The van der Waals surface area contributed by atoms with Crippen LogP contribution in [0.3, 0.4) is 0 Å². The minimum absolute atomic E-state index is 0.00640. The van der Waals surface area contributed by atoms with Gasteiger partial charge in [-0.3, -0.25) is 0 Å². The van der Waals surface area contributed by atoms with Crippen LogP contribution < -0.4 is 5.73 Å². The highest BCUT2D eigenvalue weighted by molar-refractivity contribution is 9.10. The predicted octanol–water partition coefficient (Wildman–Crippen LogP) is 4.78. The number of hydrogen-bond donors (Lipinski definition) is 2. The molecule has 0 saturated heterocycles. The Morgan fingerprint density at radius 1 is 1.23 bits per heavy atom. The quantitative estimate of drug-likeness (QED) is 0.365. The Balaban J connectivity index is 1.92. The van der Waals surface area contributed by atoms with Crippen LogP contribution in [0.15, 0.2) is 53.3 Å². The molecule has 0 fully saturated rings. The van der Waals surface area contributed by atoms with Crippen LogP contribution in [-0.4, -0.2) is 33.8 Å². The van der Waals surface area contributed by atoms with Gasteiger partial charge >= 0.3 is 0 Å². The molecule has 1 unspecified atom stereocenters. The molecule has 0 radical (unpaired) electrons. The lowest BCUT2D eigenvalue weighted by Gasteiger charge is -2.33. The van der Waals surface area contributed by atoms with E-state index in [4.69, 9.17) is 15.2 Å². The second-order valence-corrected chi connectivity index (χ2v) is 7.91. The highest BCUT2D eigenvalue weighted by Gasteiger charge is 2.37. The Kier molecular flexibility index (Phi) is 5.99. The number of ether oxygens (including phenoxy) is 2. The van der Waals surface area contributed by atoms with E-state index in [1.807, 2.05) is 25.3 Å². The summed E-state index contributed by atoms with van der Waals surface area (Å²) in [4.78, 5) is 16.4. The molecule has 1 atom stereocenters. The van der Waals surface area contributed by atoms with Crippen molar-refractivity contribution in [1.82, 2.24) is 19.9 Å². The molecular weight excluding hydrogens is 465 g/mol. The number of benzene rings is 1. The number of nitrogens with one attached hydrogen (secondary N) is 1. The Hall–Kier alpha value is -2.88. The van der Waals surface area contributed by atoms with E-state index < -0.39 is 5.60 Å². The smallest absolute Gasteiger partial charge is 0.220 e. The third kappa shape index (κ3) is 4.04. The Labute approximate surface area is 187 Å². The van der Waals surface area contributed by atoms with Crippen molar-refractivity contribution in [2.45, 2.75) is 18.9 Å². The van der Waals surface area contributed by atoms with Crippen LogP contribution in [0.4, 0.5) is 10.3 Å². The molecule has 7 nitrogen and oxygen atoms in total. The number of anilines is 1. The lowest BCUT2D eigenvalue weighted by Crippen LogP contribution is -2.33. The van der Waals surface area contributed by atoms with Crippen LogP contribution in [0.5, 0.6) is 0 Å². The lowest BCUT2D eigenvalue weighted by atomic mass is 9.86. The van der Waals surface area contributed by atoms with Crippen molar-refractivity contribution < 1.29 is 13.9 Å². The van der Waals surface area contributed by atoms with Crippen LogP contribution in [0.25, 0.3) is 22.3 Å². The summed E-state index contributed by atoms with van der Waals surface area (Å²) >= 11 is 3.46. The van der Waals surface area contributed by atoms with E-state index in [-0.39, 0.29) is 18.6 Å². The number of H-pyrrole nitrogens is 1. The Morgan fingerprint density at radius 3 is 2.81 bits per heavy atom. The molecule has 160 valence electrons. The largest absolute Gasteiger partial charge is 0.368 e. The van der Waals surface area contributed by atoms with Gasteiger partial charge in [0.2, 0.25) is 5.95 Å². The molecule has 0 spiro atoms. The number of pyridine rings is 1. The number of nitrogen functional groups attached to an aromatic ring is 1. The standard InChI is InChI=1S/C22H21BrFN5O2/c1-3-22(31-12-30-2,13-5-4-6-15(24)7-13)19-9-18(28-21(25)29-19)17-11-27-20-16(17)8-14(23)10-26-20/h4-11H,3,12H2,1-2H3,(H,26,27)(H2,25,28,29). The topological polar surface area (TPSA) is 98.9 Å². The van der Waals surface area contributed by atoms with E-state index in [2.05, 4.69) is 35.9 Å². The number of fused-ring (bicyclic) bond motifs is 1. The molecule has 1 aromatic carbocycles. The Bertz CT molecular complexity index is 1230. The zero-order chi connectivity index (χ0) is 22.0. The van der Waals surface area contributed by atoms with E-state index in [9.17, 15) is 4.39 Å². The highest BCUT2D eigenvalue weighted by Crippen LogP contribution is 2.39. The van der Waals surface area contributed by atoms with Crippen LogP contribution in [-0.2, 0) is 15.1 Å². The molecule has 0 bridgehead atoms. The first-order valence-corrected chi connectivity index (χ1v) is 10.4. The van der Waals surface area contributed by atoms with E-state index in [1.54, 1.807) is 18.3 Å². The first-order chi connectivity index (χ1) is 15.0. The summed E-state index contributed by atoms with van der Waals surface area (Å²) < 4.78 is 26.2. The van der Waals surface area contributed by atoms with Crippen molar-refractivity contribution in [1.29, 1.82) is 0 Å². The van der Waals surface area contributed by atoms with Gasteiger partial charge in [0, 0.05) is 34.9 Å². The van der Waals surface area contributed by atoms with Gasteiger partial charge in [-0.05, 0) is 52.2 Å². The second-order valence-electron chi connectivity index (χ2n) is 6.99. The molecule has 0 aliphatic heterocycles. The number of nitrogens with two attached hydrogens (primary N) is 1. The second kappa shape index (κ2) is 8.70. The molecular formula is C22H21BrFN5O2. The average molecular weight is 486 g/mol. The van der Waals surface area contributed by atoms with Gasteiger partial charge in [0.05, 0.1) is 11.4 Å². The zero-order valence-corrected chi connectivity index (χ0v) is 18.6. The summed E-state index contributed by atoms with van der Waals surface area (Å²) in [6, 6.07) is 10.0. The molecule has 0 saturated carbocycles. The fourth-order valence-electron chi connectivity index (χ4n) is 3.69. The fourth-order valence-corrected chi connectivity index (χ4v) is 4.02. The van der Waals surface area contributed by atoms with Crippen molar-refractivity contribution in [3.05, 3.63) is 70.3 Å². The SMILES string of the molecule is CCC(OCOC)(c1cccc(F)c1)c1cc(-c2c[nH]c3ncc(Br)cc23)nc(N)n1. The van der Waals surface area contributed by atoms with Crippen LogP contribution >= 0.6 is 15.9 Å². The fraction of sp³-hybridized carbons (Fsp3) is 0.227. The number of hydrogen-bond acceptors (Lipinski definition) is 6. The van der Waals surface area contributed by atoms with Crippen molar-refractivity contribution in [3.8, 4) is 11.3 Å². The van der Waals surface area contributed by atoms with Gasteiger partial charge in [0.25, 0.3) is 0 Å². The minimum atomic E-state index is -1.07. The minimum Gasteiger partial charge on any atom is -0.368 e. The maximum absolute atomic E-state index is 14.1. The molecule has 3 N–H and O–H groups in total. The Morgan fingerprint density at radius 2 is 2.06 bits per heavy atom. The van der Waals surface area contributed by atoms with Crippen LogP contribution in [0.1, 0.15) is 24.6 Å². The van der Waals surface area contributed by atoms with E-state index in [0.29, 0.717) is 23.4 Å². The number of halogens is 2. The summed E-state index contributed by atoms with van der Waals surface area (Å²) in [5, 5.41) is 0.879. The van der Waals surface area contributed by atoms with Crippen molar-refractivity contribution in [3.63, 3.8) is 0 Å². The van der Waals surface area contributed by atoms with Crippen molar-refractivity contribution in [2.75, 3.05) is 19.6 Å². The monoisotopic (exact) mass is 485 g/mol. The molecule has 3 aromatic heterocycles. The summed E-state index contributed by atoms with van der Waals surface area (Å²) in [7, 11) is 1.53. The normalized spacial score (nSPS) is 13.4. The van der Waals surface area contributed by atoms with Gasteiger partial charge in [0.15, 0.2) is 0 Å². The maximum atomic E-state index is 14.1. The van der Waals surface area contributed by atoms with Crippen molar-refractivity contribution >= 4 is 32.9 Å².